The molecule has 23 heavy (non-hydrogen) atoms. The lowest BCUT2D eigenvalue weighted by Crippen LogP contribution is -2.27. The van der Waals surface area contributed by atoms with Gasteiger partial charge in [-0.25, -0.2) is 0 Å². The summed E-state index contributed by atoms with van der Waals surface area (Å²) >= 11 is 0. The van der Waals surface area contributed by atoms with Gasteiger partial charge in [-0.1, -0.05) is 0 Å². The molecular formula is C18H30O5. The molecule has 2 N–H and O–H groups in total. The molecule has 0 rings (SSSR count). The van der Waals surface area contributed by atoms with Crippen LogP contribution in [-0.4, -0.2) is 49.2 Å². The van der Waals surface area contributed by atoms with E-state index in [0.29, 0.717) is 51.7 Å². The molecule has 0 radical (unpaired) electrons. The van der Waals surface area contributed by atoms with Gasteiger partial charge in [0.1, 0.15) is 0 Å². The Morgan fingerprint density at radius 2 is 1.09 bits per heavy atom. The lowest BCUT2D eigenvalue weighted by molar-refractivity contribution is -0.245. The van der Waals surface area contributed by atoms with Gasteiger partial charge in [-0.2, -0.15) is 0 Å². The van der Waals surface area contributed by atoms with Gasteiger partial charge in [0.05, 0.1) is 13.2 Å². The second-order valence-electron chi connectivity index (χ2n) is 4.64. The molecule has 0 saturated heterocycles. The highest BCUT2D eigenvalue weighted by Crippen LogP contribution is 2.12. The van der Waals surface area contributed by atoms with E-state index in [-0.39, 0.29) is 25.8 Å². The third-order valence-corrected chi connectivity index (χ3v) is 2.74. The van der Waals surface area contributed by atoms with E-state index in [4.69, 9.17) is 24.4 Å². The maximum absolute atomic E-state index is 8.68. The van der Waals surface area contributed by atoms with Crippen LogP contribution in [0.2, 0.25) is 0 Å². The molecule has 0 bridgehead atoms. The van der Waals surface area contributed by atoms with Gasteiger partial charge in [-0.3, -0.25) is 0 Å². The van der Waals surface area contributed by atoms with Crippen molar-refractivity contribution in [3.8, 4) is 23.7 Å². The molecule has 0 fully saturated rings. The van der Waals surface area contributed by atoms with Gasteiger partial charge in [0, 0.05) is 51.7 Å². The fourth-order valence-corrected chi connectivity index (χ4v) is 1.77. The van der Waals surface area contributed by atoms with Crippen LogP contribution >= 0.6 is 0 Å². The zero-order valence-electron chi connectivity index (χ0n) is 14.3. The minimum absolute atomic E-state index is 0.0854. The Kier molecular flexibility index (Phi) is 16.5. The molecule has 0 heterocycles. The van der Waals surface area contributed by atoms with E-state index in [1.54, 1.807) is 0 Å². The van der Waals surface area contributed by atoms with Crippen LogP contribution in [0.3, 0.4) is 0 Å². The summed E-state index contributed by atoms with van der Waals surface area (Å²) in [5, 5.41) is 17.4. The van der Waals surface area contributed by atoms with Crippen molar-refractivity contribution >= 4 is 0 Å². The maximum atomic E-state index is 8.68. The van der Waals surface area contributed by atoms with Crippen molar-refractivity contribution in [1.29, 1.82) is 0 Å². The molecule has 0 aromatic heterocycles. The highest BCUT2D eigenvalue weighted by Gasteiger charge is 2.16. The van der Waals surface area contributed by atoms with Gasteiger partial charge in [-0.05, 0) is 13.8 Å². The van der Waals surface area contributed by atoms with Crippen molar-refractivity contribution in [1.82, 2.24) is 0 Å². The Bertz CT molecular complexity index is 338. The van der Waals surface area contributed by atoms with Gasteiger partial charge in [0.25, 0.3) is 0 Å². The Balaban J connectivity index is 4.28. The first-order chi connectivity index (χ1) is 11.3. The summed E-state index contributed by atoms with van der Waals surface area (Å²) in [6.45, 7) is 5.13. The Morgan fingerprint density at radius 3 is 1.43 bits per heavy atom. The van der Waals surface area contributed by atoms with Crippen molar-refractivity contribution in [2.45, 2.75) is 65.0 Å². The lowest BCUT2D eigenvalue weighted by atomic mass is 10.2. The quantitative estimate of drug-likeness (QED) is 0.424. The van der Waals surface area contributed by atoms with Crippen LogP contribution in [-0.2, 0) is 14.2 Å². The SMILES string of the molecule is CCOC(CCC#CCCO)OC(CCC#CCCO)OCC. The van der Waals surface area contributed by atoms with Gasteiger partial charge < -0.3 is 24.4 Å². The molecule has 0 aromatic rings. The summed E-state index contributed by atoms with van der Waals surface area (Å²) in [6.07, 6.45) is 2.90. The lowest BCUT2D eigenvalue weighted by Gasteiger charge is -2.23. The molecule has 0 aliphatic carbocycles. The zero-order valence-corrected chi connectivity index (χ0v) is 14.3. The van der Waals surface area contributed by atoms with Crippen molar-refractivity contribution in [2.75, 3.05) is 26.4 Å². The Morgan fingerprint density at radius 1 is 0.696 bits per heavy atom. The molecule has 0 aliphatic heterocycles. The molecule has 0 aliphatic rings. The Labute approximate surface area is 140 Å². The molecule has 0 amide bonds. The van der Waals surface area contributed by atoms with Crippen LogP contribution in [0.5, 0.6) is 0 Å². The van der Waals surface area contributed by atoms with Crippen molar-refractivity contribution in [3.05, 3.63) is 0 Å². The summed E-state index contributed by atoms with van der Waals surface area (Å²) < 4.78 is 17.0. The van der Waals surface area contributed by atoms with E-state index in [0.717, 1.165) is 0 Å². The van der Waals surface area contributed by atoms with Crippen molar-refractivity contribution in [3.63, 3.8) is 0 Å². The highest BCUT2D eigenvalue weighted by molar-refractivity contribution is 4.99. The van der Waals surface area contributed by atoms with Crippen molar-refractivity contribution in [2.24, 2.45) is 0 Å². The fourth-order valence-electron chi connectivity index (χ4n) is 1.77. The molecule has 0 saturated carbocycles. The third kappa shape index (κ3) is 14.3. The molecule has 5 heteroatoms. The minimum Gasteiger partial charge on any atom is -0.395 e. The third-order valence-electron chi connectivity index (χ3n) is 2.74. The number of rotatable bonds is 12. The first kappa shape index (κ1) is 21.9. The van der Waals surface area contributed by atoms with Crippen LogP contribution < -0.4 is 0 Å². The fraction of sp³-hybridized carbons (Fsp3) is 0.778. The molecule has 2 atom stereocenters. The summed E-state index contributed by atoms with van der Waals surface area (Å²) in [5.41, 5.74) is 0. The topological polar surface area (TPSA) is 68.2 Å². The van der Waals surface area contributed by atoms with Gasteiger partial charge in [0.15, 0.2) is 12.6 Å². The predicted molar refractivity (Wildman–Crippen MR) is 89.3 cm³/mol. The number of aliphatic hydroxyl groups excluding tert-OH is 2. The monoisotopic (exact) mass is 326 g/mol. The average Bonchev–Trinajstić information content (AvgIpc) is 2.54. The summed E-state index contributed by atoms with van der Waals surface area (Å²) in [5.74, 6) is 11.7. The average molecular weight is 326 g/mol. The van der Waals surface area contributed by atoms with Crippen LogP contribution in [0.15, 0.2) is 0 Å². The van der Waals surface area contributed by atoms with E-state index in [1.807, 2.05) is 13.8 Å². The van der Waals surface area contributed by atoms with Crippen molar-refractivity contribution < 1.29 is 24.4 Å². The van der Waals surface area contributed by atoms with Crippen LogP contribution in [0, 0.1) is 23.7 Å². The Hall–Kier alpha value is -1.08. The molecule has 0 spiro atoms. The van der Waals surface area contributed by atoms with Gasteiger partial charge >= 0.3 is 0 Å². The van der Waals surface area contributed by atoms with E-state index in [1.165, 1.54) is 0 Å². The smallest absolute Gasteiger partial charge is 0.161 e. The second-order valence-corrected chi connectivity index (χ2v) is 4.64. The zero-order chi connectivity index (χ0) is 17.2. The van der Waals surface area contributed by atoms with E-state index >= 15 is 0 Å². The maximum Gasteiger partial charge on any atom is 0.161 e. The van der Waals surface area contributed by atoms with Gasteiger partial charge in [-0.15, -0.1) is 23.7 Å². The summed E-state index contributed by atoms with van der Waals surface area (Å²) in [6, 6.07) is 0. The molecule has 2 unspecified atom stereocenters. The second kappa shape index (κ2) is 17.3. The first-order valence-corrected chi connectivity index (χ1v) is 8.30. The van der Waals surface area contributed by atoms with E-state index in [2.05, 4.69) is 23.7 Å². The van der Waals surface area contributed by atoms with Crippen LogP contribution in [0.25, 0.3) is 0 Å². The standard InChI is InChI=1S/C18H30O5/c1-3-21-17(13-9-5-7-11-15-19)23-18(22-4-2)14-10-6-8-12-16-20/h17-20H,3-4,9-16H2,1-2H3. The highest BCUT2D eigenvalue weighted by atomic mass is 16.8. The molecule has 0 aromatic carbocycles. The first-order valence-electron chi connectivity index (χ1n) is 8.30. The predicted octanol–water partition coefficient (Wildman–Crippen LogP) is 2.06. The van der Waals surface area contributed by atoms with Crippen LogP contribution in [0.4, 0.5) is 0 Å². The largest absolute Gasteiger partial charge is 0.395 e. The number of hydrogen-bond donors (Lipinski definition) is 2. The number of hydrogen-bond acceptors (Lipinski definition) is 5. The molecule has 132 valence electrons. The van der Waals surface area contributed by atoms with E-state index < -0.39 is 0 Å². The number of ether oxygens (including phenoxy) is 3. The molecule has 5 nitrogen and oxygen atoms in total. The molecular weight excluding hydrogens is 296 g/mol. The van der Waals surface area contributed by atoms with Gasteiger partial charge in [0.2, 0.25) is 0 Å². The van der Waals surface area contributed by atoms with E-state index in [9.17, 15) is 0 Å². The normalized spacial score (nSPS) is 12.7. The summed E-state index contributed by atoms with van der Waals surface area (Å²) in [4.78, 5) is 0. The minimum atomic E-state index is -0.356. The summed E-state index contributed by atoms with van der Waals surface area (Å²) in [7, 11) is 0. The number of aliphatic hydroxyl groups is 2. The van der Waals surface area contributed by atoms with Crippen LogP contribution in [0.1, 0.15) is 52.4 Å².